The first-order valence-corrected chi connectivity index (χ1v) is 10.4. The molecule has 2 aliphatic heterocycles. The lowest BCUT2D eigenvalue weighted by Gasteiger charge is -2.32. The Balaban J connectivity index is 1.39. The second kappa shape index (κ2) is 7.35. The van der Waals surface area contributed by atoms with Crippen molar-refractivity contribution in [1.29, 1.82) is 0 Å². The summed E-state index contributed by atoms with van der Waals surface area (Å²) in [5, 5.41) is 8.15. The Morgan fingerprint density at radius 1 is 1.06 bits per heavy atom. The second-order valence-corrected chi connectivity index (χ2v) is 8.18. The molecule has 2 aliphatic rings. The summed E-state index contributed by atoms with van der Waals surface area (Å²) in [6.45, 7) is 2.45. The number of carbonyl (C=O) groups excluding carboxylic acids is 3. The summed E-state index contributed by atoms with van der Waals surface area (Å²) < 4.78 is 0. The highest BCUT2D eigenvalue weighted by molar-refractivity contribution is 6.30. The number of carbonyl (C=O) groups is 3. The Morgan fingerprint density at radius 3 is 2.35 bits per heavy atom. The molecule has 1 atom stereocenters. The fourth-order valence-corrected chi connectivity index (χ4v) is 4.39. The number of aromatic amines is 1. The number of benzene rings is 2. The largest absolute Gasteiger partial charge is 0.336 e. The number of amides is 3. The van der Waals surface area contributed by atoms with Gasteiger partial charge in [-0.25, -0.2) is 0 Å². The molecule has 0 fully saturated rings. The van der Waals surface area contributed by atoms with E-state index in [1.54, 1.807) is 48.2 Å². The summed E-state index contributed by atoms with van der Waals surface area (Å²) in [5.74, 6) is -1.11. The summed E-state index contributed by atoms with van der Waals surface area (Å²) >= 11 is 5.99. The van der Waals surface area contributed by atoms with Gasteiger partial charge in [0.1, 0.15) is 6.04 Å². The van der Waals surface area contributed by atoms with Gasteiger partial charge in [-0.1, -0.05) is 35.9 Å². The topological polar surface area (TPSA) is 86.4 Å². The number of H-pyrrole nitrogens is 1. The van der Waals surface area contributed by atoms with Crippen LogP contribution in [0.15, 0.2) is 48.5 Å². The maximum absolute atomic E-state index is 13.3. The molecule has 31 heavy (non-hydrogen) atoms. The molecule has 0 radical (unpaired) electrons. The van der Waals surface area contributed by atoms with Crippen molar-refractivity contribution in [2.24, 2.45) is 0 Å². The summed E-state index contributed by atoms with van der Waals surface area (Å²) in [6.07, 6.45) is 0.622. The van der Waals surface area contributed by atoms with E-state index in [-0.39, 0.29) is 5.91 Å². The van der Waals surface area contributed by atoms with Crippen molar-refractivity contribution in [3.05, 3.63) is 75.9 Å². The van der Waals surface area contributed by atoms with E-state index in [9.17, 15) is 14.4 Å². The molecule has 3 heterocycles. The van der Waals surface area contributed by atoms with Crippen molar-refractivity contribution < 1.29 is 14.4 Å². The van der Waals surface area contributed by atoms with E-state index in [1.807, 2.05) is 12.1 Å². The standard InChI is InChI=1S/C23H19ClN4O3/c1-13(28-22(30)16-4-2-3-5-17(16)23(28)31)21(29)27-11-10-19-18(12-27)20(26-25-19)14-6-8-15(24)9-7-14/h2-9,13H,10-12H2,1H3,(H,25,26). The lowest BCUT2D eigenvalue weighted by Crippen LogP contribution is -2.50. The number of rotatable bonds is 3. The lowest BCUT2D eigenvalue weighted by atomic mass is 10.0. The van der Waals surface area contributed by atoms with E-state index in [4.69, 9.17) is 11.6 Å². The van der Waals surface area contributed by atoms with E-state index in [0.717, 1.165) is 27.4 Å². The molecule has 0 saturated heterocycles. The minimum Gasteiger partial charge on any atom is -0.336 e. The van der Waals surface area contributed by atoms with Gasteiger partial charge in [0.05, 0.1) is 16.8 Å². The normalized spacial score (nSPS) is 16.3. The van der Waals surface area contributed by atoms with Crippen LogP contribution in [-0.4, -0.2) is 50.3 Å². The van der Waals surface area contributed by atoms with Gasteiger partial charge < -0.3 is 4.90 Å². The molecular weight excluding hydrogens is 416 g/mol. The van der Waals surface area contributed by atoms with Crippen molar-refractivity contribution in [2.45, 2.75) is 25.9 Å². The fourth-order valence-electron chi connectivity index (χ4n) is 4.26. The average molecular weight is 435 g/mol. The van der Waals surface area contributed by atoms with Crippen LogP contribution in [0.1, 0.15) is 38.9 Å². The lowest BCUT2D eigenvalue weighted by molar-refractivity contribution is -0.135. The Morgan fingerprint density at radius 2 is 1.71 bits per heavy atom. The fraction of sp³-hybridized carbons (Fsp3) is 0.217. The minimum absolute atomic E-state index is 0.261. The molecule has 7 nitrogen and oxygen atoms in total. The third kappa shape index (κ3) is 3.13. The third-order valence-electron chi connectivity index (χ3n) is 5.93. The predicted octanol–water partition coefficient (Wildman–Crippen LogP) is 3.30. The van der Waals surface area contributed by atoms with Crippen molar-refractivity contribution in [3.8, 4) is 11.3 Å². The molecule has 0 spiro atoms. The second-order valence-electron chi connectivity index (χ2n) is 7.75. The van der Waals surface area contributed by atoms with Gasteiger partial charge in [-0.15, -0.1) is 0 Å². The van der Waals surface area contributed by atoms with E-state index in [1.165, 1.54) is 0 Å². The number of aromatic nitrogens is 2. The smallest absolute Gasteiger partial charge is 0.262 e. The molecule has 8 heteroatoms. The number of hydrogen-bond acceptors (Lipinski definition) is 4. The molecule has 156 valence electrons. The zero-order valence-corrected chi connectivity index (χ0v) is 17.5. The van der Waals surface area contributed by atoms with Crippen LogP contribution in [-0.2, 0) is 17.8 Å². The number of halogens is 1. The monoisotopic (exact) mass is 434 g/mol. The zero-order valence-electron chi connectivity index (χ0n) is 16.8. The minimum atomic E-state index is -0.889. The van der Waals surface area contributed by atoms with Crippen molar-refractivity contribution in [3.63, 3.8) is 0 Å². The molecule has 1 unspecified atom stereocenters. The molecule has 0 aliphatic carbocycles. The van der Waals surface area contributed by atoms with Crippen LogP contribution in [0.5, 0.6) is 0 Å². The van der Waals surface area contributed by atoms with Crippen LogP contribution in [0.2, 0.25) is 5.02 Å². The van der Waals surface area contributed by atoms with Gasteiger partial charge in [0, 0.05) is 41.4 Å². The van der Waals surface area contributed by atoms with Crippen LogP contribution in [0.4, 0.5) is 0 Å². The predicted molar refractivity (Wildman–Crippen MR) is 115 cm³/mol. The van der Waals surface area contributed by atoms with Crippen LogP contribution in [0, 0.1) is 0 Å². The Labute approximate surface area is 183 Å². The summed E-state index contributed by atoms with van der Waals surface area (Å²) in [7, 11) is 0. The highest BCUT2D eigenvalue weighted by atomic mass is 35.5. The molecule has 3 aromatic rings. The number of nitrogens with zero attached hydrogens (tertiary/aromatic N) is 3. The highest BCUT2D eigenvalue weighted by Gasteiger charge is 2.42. The van der Waals surface area contributed by atoms with Crippen LogP contribution < -0.4 is 0 Å². The summed E-state index contributed by atoms with van der Waals surface area (Å²) in [6, 6.07) is 13.1. The molecule has 1 N–H and O–H groups in total. The SMILES string of the molecule is CC(C(=O)N1CCc2[nH]nc(-c3ccc(Cl)cc3)c2C1)N1C(=O)c2ccccc2C1=O. The molecule has 0 bridgehead atoms. The quantitative estimate of drug-likeness (QED) is 0.641. The number of fused-ring (bicyclic) bond motifs is 2. The van der Waals surface area contributed by atoms with E-state index >= 15 is 0 Å². The molecule has 2 aromatic carbocycles. The van der Waals surface area contributed by atoms with E-state index in [2.05, 4.69) is 10.2 Å². The molecule has 1 aromatic heterocycles. The average Bonchev–Trinajstić information content (AvgIpc) is 3.32. The zero-order chi connectivity index (χ0) is 21.7. The highest BCUT2D eigenvalue weighted by Crippen LogP contribution is 2.30. The first kappa shape index (κ1) is 19.5. The van der Waals surface area contributed by atoms with Crippen LogP contribution in [0.3, 0.4) is 0 Å². The van der Waals surface area contributed by atoms with Crippen LogP contribution in [0.25, 0.3) is 11.3 Å². The van der Waals surface area contributed by atoms with Gasteiger partial charge in [0.15, 0.2) is 0 Å². The number of hydrogen-bond donors (Lipinski definition) is 1. The number of imide groups is 1. The van der Waals surface area contributed by atoms with Gasteiger partial charge >= 0.3 is 0 Å². The summed E-state index contributed by atoms with van der Waals surface area (Å²) in [5.41, 5.74) is 4.29. The van der Waals surface area contributed by atoms with Gasteiger partial charge in [-0.2, -0.15) is 5.10 Å². The Hall–Kier alpha value is -3.45. The van der Waals surface area contributed by atoms with E-state index < -0.39 is 17.9 Å². The first-order valence-electron chi connectivity index (χ1n) is 10.0. The van der Waals surface area contributed by atoms with Crippen molar-refractivity contribution in [2.75, 3.05) is 6.54 Å². The van der Waals surface area contributed by atoms with E-state index in [0.29, 0.717) is 35.7 Å². The Bertz CT molecular complexity index is 1180. The maximum atomic E-state index is 13.3. The molecule has 3 amide bonds. The third-order valence-corrected chi connectivity index (χ3v) is 6.18. The van der Waals surface area contributed by atoms with Crippen molar-refractivity contribution in [1.82, 2.24) is 20.0 Å². The van der Waals surface area contributed by atoms with Gasteiger partial charge in [-0.05, 0) is 31.2 Å². The van der Waals surface area contributed by atoms with Crippen LogP contribution >= 0.6 is 11.6 Å². The Kier molecular flexibility index (Phi) is 4.63. The van der Waals surface area contributed by atoms with Crippen molar-refractivity contribution >= 4 is 29.3 Å². The first-order chi connectivity index (χ1) is 15.0. The maximum Gasteiger partial charge on any atom is 0.262 e. The number of nitrogens with one attached hydrogen (secondary N) is 1. The molecule has 0 saturated carbocycles. The van der Waals surface area contributed by atoms with Gasteiger partial charge in [-0.3, -0.25) is 24.4 Å². The van der Waals surface area contributed by atoms with Gasteiger partial charge in [0.25, 0.3) is 11.8 Å². The summed E-state index contributed by atoms with van der Waals surface area (Å²) in [4.78, 5) is 41.6. The molecule has 5 rings (SSSR count). The molecular formula is C23H19ClN4O3. The van der Waals surface area contributed by atoms with Gasteiger partial charge in [0.2, 0.25) is 5.91 Å².